The molecule has 1 N–H and O–H groups in total. The van der Waals surface area contributed by atoms with E-state index in [1.54, 1.807) is 6.07 Å². The van der Waals surface area contributed by atoms with Gasteiger partial charge in [0, 0.05) is 48.8 Å². The summed E-state index contributed by atoms with van der Waals surface area (Å²) < 4.78 is 34.8. The highest BCUT2D eigenvalue weighted by Crippen LogP contribution is 2.38. The monoisotopic (exact) mass is 358 g/mol. The fourth-order valence-electron chi connectivity index (χ4n) is 2.86. The number of ether oxygens (including phenoxy) is 1. The van der Waals surface area contributed by atoms with Crippen LogP contribution >= 0.6 is 22.9 Å². The molecular weight excluding hydrogens is 342 g/mol. The van der Waals surface area contributed by atoms with E-state index in [-0.39, 0.29) is 11.3 Å². The second kappa shape index (κ2) is 7.13. The van der Waals surface area contributed by atoms with Gasteiger partial charge in [-0.25, -0.2) is 8.78 Å². The molecule has 1 aliphatic heterocycles. The number of benzene rings is 1. The average molecular weight is 359 g/mol. The van der Waals surface area contributed by atoms with Gasteiger partial charge in [-0.15, -0.1) is 11.3 Å². The maximum absolute atomic E-state index is 14.6. The maximum atomic E-state index is 14.6. The Kier molecular flexibility index (Phi) is 5.16. The predicted molar refractivity (Wildman–Crippen MR) is 88.5 cm³/mol. The maximum Gasteiger partial charge on any atom is 0.134 e. The van der Waals surface area contributed by atoms with Gasteiger partial charge >= 0.3 is 0 Å². The summed E-state index contributed by atoms with van der Waals surface area (Å²) in [4.78, 5) is 2.91. The van der Waals surface area contributed by atoms with Gasteiger partial charge < -0.3 is 10.1 Å². The second-order valence-electron chi connectivity index (χ2n) is 5.34. The van der Waals surface area contributed by atoms with E-state index in [1.165, 1.54) is 30.6 Å². The van der Waals surface area contributed by atoms with Gasteiger partial charge in [-0.05, 0) is 12.1 Å². The van der Waals surface area contributed by atoms with Crippen molar-refractivity contribution in [2.45, 2.75) is 6.04 Å². The molecule has 0 bridgehead atoms. The highest BCUT2D eigenvalue weighted by molar-refractivity contribution is 7.16. The molecule has 1 atom stereocenters. The molecule has 0 unspecified atom stereocenters. The Morgan fingerprint density at radius 3 is 2.39 bits per heavy atom. The van der Waals surface area contributed by atoms with E-state index in [1.807, 2.05) is 6.07 Å². The molecule has 0 saturated carbocycles. The van der Waals surface area contributed by atoms with Crippen LogP contribution in [0.2, 0.25) is 4.34 Å². The largest absolute Gasteiger partial charge is 0.497 e. The third-order valence-electron chi connectivity index (χ3n) is 3.94. The molecule has 0 aliphatic carbocycles. The fraction of sp³-hybridized carbons (Fsp3) is 0.375. The van der Waals surface area contributed by atoms with E-state index in [2.05, 4.69) is 10.2 Å². The lowest BCUT2D eigenvalue weighted by Crippen LogP contribution is -2.45. The van der Waals surface area contributed by atoms with Crippen molar-refractivity contribution in [3.63, 3.8) is 0 Å². The van der Waals surface area contributed by atoms with Gasteiger partial charge in [-0.3, -0.25) is 4.90 Å². The number of thiophene rings is 1. The Morgan fingerprint density at radius 2 is 1.87 bits per heavy atom. The van der Waals surface area contributed by atoms with E-state index in [0.29, 0.717) is 17.4 Å². The summed E-state index contributed by atoms with van der Waals surface area (Å²) in [5.74, 6) is -1.03. The molecule has 124 valence electrons. The summed E-state index contributed by atoms with van der Waals surface area (Å²) in [5.41, 5.74) is 0.0474. The Hall–Kier alpha value is -1.21. The summed E-state index contributed by atoms with van der Waals surface area (Å²) in [5, 5.41) is 3.25. The third kappa shape index (κ3) is 3.50. The molecular formula is C16H17ClF2N2OS. The first-order chi connectivity index (χ1) is 11.1. The van der Waals surface area contributed by atoms with Crippen molar-refractivity contribution in [1.29, 1.82) is 0 Å². The molecule has 0 spiro atoms. The minimum absolute atomic E-state index is 0.0474. The minimum atomic E-state index is -0.602. The van der Waals surface area contributed by atoms with Crippen molar-refractivity contribution in [3.05, 3.63) is 50.7 Å². The van der Waals surface area contributed by atoms with Crippen LogP contribution in [0.4, 0.5) is 8.78 Å². The SMILES string of the molecule is COc1cc(F)c([C@@H](c2ccc(Cl)s2)N2CCNCC2)c(F)c1. The Bertz CT molecular complexity index is 665. The molecule has 1 aromatic carbocycles. The first-order valence-electron chi connectivity index (χ1n) is 7.33. The number of nitrogens with one attached hydrogen (secondary N) is 1. The normalized spacial score (nSPS) is 17.2. The number of piperazine rings is 1. The Balaban J connectivity index is 2.08. The lowest BCUT2D eigenvalue weighted by molar-refractivity contribution is 0.194. The van der Waals surface area contributed by atoms with Crippen molar-refractivity contribution >= 4 is 22.9 Å². The summed E-state index contributed by atoms with van der Waals surface area (Å²) in [7, 11) is 1.39. The molecule has 3 rings (SSSR count). The zero-order chi connectivity index (χ0) is 16.4. The molecule has 0 amide bonds. The molecule has 1 saturated heterocycles. The summed E-state index contributed by atoms with van der Waals surface area (Å²) in [6.45, 7) is 3.00. The van der Waals surface area contributed by atoms with Gasteiger partial charge in [-0.2, -0.15) is 0 Å². The Morgan fingerprint density at radius 1 is 1.22 bits per heavy atom. The van der Waals surface area contributed by atoms with Gasteiger partial charge in [0.25, 0.3) is 0 Å². The van der Waals surface area contributed by atoms with Crippen molar-refractivity contribution in [2.75, 3.05) is 33.3 Å². The highest BCUT2D eigenvalue weighted by Gasteiger charge is 2.30. The minimum Gasteiger partial charge on any atom is -0.497 e. The summed E-state index contributed by atoms with van der Waals surface area (Å²) in [6.07, 6.45) is 0. The van der Waals surface area contributed by atoms with E-state index >= 15 is 0 Å². The van der Waals surface area contributed by atoms with Crippen LogP contribution in [0.1, 0.15) is 16.5 Å². The number of hydrogen-bond donors (Lipinski definition) is 1. The third-order valence-corrected chi connectivity index (χ3v) is 5.23. The van der Waals surface area contributed by atoms with Gasteiger partial charge in [-0.1, -0.05) is 11.6 Å². The fourth-order valence-corrected chi connectivity index (χ4v) is 4.07. The Labute approximate surface area is 142 Å². The van der Waals surface area contributed by atoms with E-state index < -0.39 is 17.7 Å². The van der Waals surface area contributed by atoms with Crippen LogP contribution in [-0.4, -0.2) is 38.2 Å². The van der Waals surface area contributed by atoms with Gasteiger partial charge in [0.05, 0.1) is 17.5 Å². The summed E-state index contributed by atoms with van der Waals surface area (Å²) in [6, 6.07) is 5.56. The molecule has 1 aromatic heterocycles. The van der Waals surface area contributed by atoms with Crippen molar-refractivity contribution in [1.82, 2.24) is 10.2 Å². The van der Waals surface area contributed by atoms with Crippen molar-refractivity contribution in [2.24, 2.45) is 0 Å². The van der Waals surface area contributed by atoms with Crippen LogP contribution in [0.5, 0.6) is 5.75 Å². The van der Waals surface area contributed by atoms with Crippen LogP contribution in [0.25, 0.3) is 0 Å². The average Bonchev–Trinajstić information content (AvgIpc) is 2.97. The highest BCUT2D eigenvalue weighted by atomic mass is 35.5. The zero-order valence-corrected chi connectivity index (χ0v) is 14.2. The summed E-state index contributed by atoms with van der Waals surface area (Å²) >= 11 is 7.39. The number of nitrogens with zero attached hydrogens (tertiary/aromatic N) is 1. The molecule has 23 heavy (non-hydrogen) atoms. The lowest BCUT2D eigenvalue weighted by Gasteiger charge is -2.35. The predicted octanol–water partition coefficient (Wildman–Crippen LogP) is 3.68. The zero-order valence-electron chi connectivity index (χ0n) is 12.6. The van der Waals surface area contributed by atoms with Gasteiger partial charge in [0.15, 0.2) is 0 Å². The van der Waals surface area contributed by atoms with Crippen molar-refractivity contribution in [3.8, 4) is 5.75 Å². The lowest BCUT2D eigenvalue weighted by atomic mass is 10.0. The van der Waals surface area contributed by atoms with E-state index in [9.17, 15) is 8.78 Å². The quantitative estimate of drug-likeness (QED) is 0.902. The molecule has 1 aliphatic rings. The molecule has 0 radical (unpaired) electrons. The number of hydrogen-bond acceptors (Lipinski definition) is 4. The molecule has 3 nitrogen and oxygen atoms in total. The standard InChI is InChI=1S/C16H17ClF2N2OS/c1-22-10-8-11(18)15(12(19)9-10)16(13-2-3-14(17)23-13)21-6-4-20-5-7-21/h2-3,8-9,16,20H,4-7H2,1H3/t16-/m1/s1. The smallest absolute Gasteiger partial charge is 0.134 e. The second-order valence-corrected chi connectivity index (χ2v) is 7.08. The van der Waals surface area contributed by atoms with Crippen LogP contribution < -0.4 is 10.1 Å². The first kappa shape index (κ1) is 16.6. The van der Waals surface area contributed by atoms with Gasteiger partial charge in [0.2, 0.25) is 0 Å². The topological polar surface area (TPSA) is 24.5 Å². The van der Waals surface area contributed by atoms with Crippen LogP contribution in [-0.2, 0) is 0 Å². The van der Waals surface area contributed by atoms with Crippen LogP contribution in [0.15, 0.2) is 24.3 Å². The van der Waals surface area contributed by atoms with Crippen LogP contribution in [0.3, 0.4) is 0 Å². The number of methoxy groups -OCH3 is 1. The number of halogens is 3. The van der Waals surface area contributed by atoms with Crippen LogP contribution in [0, 0.1) is 11.6 Å². The molecule has 2 aromatic rings. The van der Waals surface area contributed by atoms with Crippen molar-refractivity contribution < 1.29 is 13.5 Å². The van der Waals surface area contributed by atoms with Gasteiger partial charge in [0.1, 0.15) is 17.4 Å². The molecule has 2 heterocycles. The van der Waals surface area contributed by atoms with E-state index in [4.69, 9.17) is 16.3 Å². The number of rotatable bonds is 4. The first-order valence-corrected chi connectivity index (χ1v) is 8.52. The molecule has 1 fully saturated rings. The van der Waals surface area contributed by atoms with E-state index in [0.717, 1.165) is 18.0 Å². The molecule has 7 heteroatoms.